The first kappa shape index (κ1) is 9.83. The van der Waals surface area contributed by atoms with Crippen molar-refractivity contribution in [1.82, 2.24) is 5.16 Å². The second-order valence-electron chi connectivity index (χ2n) is 3.48. The van der Waals surface area contributed by atoms with Crippen LogP contribution in [0.4, 0.5) is 14.7 Å². The highest BCUT2D eigenvalue weighted by Gasteiger charge is 2.20. The molecular weight excluding hydrogens is 230 g/mol. The normalized spacial score (nSPS) is 11.2. The third kappa shape index (κ3) is 1.30. The molecule has 0 aliphatic heterocycles. The summed E-state index contributed by atoms with van der Waals surface area (Å²) < 4.78 is 37.4. The van der Waals surface area contributed by atoms with Crippen molar-refractivity contribution in [1.29, 1.82) is 0 Å². The molecule has 86 valence electrons. The van der Waals surface area contributed by atoms with Gasteiger partial charge in [0.05, 0.1) is 29.0 Å². The van der Waals surface area contributed by atoms with Gasteiger partial charge in [-0.05, 0) is 6.07 Å². The van der Waals surface area contributed by atoms with Crippen LogP contribution in [0.1, 0.15) is 0 Å². The van der Waals surface area contributed by atoms with E-state index >= 15 is 0 Å². The smallest absolute Gasteiger partial charge is 0.230 e. The van der Waals surface area contributed by atoms with Gasteiger partial charge in [0.2, 0.25) is 5.88 Å². The van der Waals surface area contributed by atoms with Crippen LogP contribution in [0.5, 0.6) is 0 Å². The lowest BCUT2D eigenvalue weighted by molar-refractivity contribution is 0.436. The van der Waals surface area contributed by atoms with E-state index in [0.29, 0.717) is 0 Å². The van der Waals surface area contributed by atoms with E-state index in [-0.39, 0.29) is 28.0 Å². The first-order valence-corrected chi connectivity index (χ1v) is 4.74. The molecule has 0 bridgehead atoms. The van der Waals surface area contributed by atoms with Gasteiger partial charge in [0.15, 0.2) is 0 Å². The Hall–Kier alpha value is -2.37. The third-order valence-corrected chi connectivity index (χ3v) is 2.52. The average Bonchev–Trinajstić information content (AvgIpc) is 2.88. The Bertz CT molecular complexity index is 703. The molecule has 3 aromatic rings. The largest absolute Gasteiger partial charge is 0.464 e. The molecule has 0 radical (unpaired) electrons. The summed E-state index contributed by atoms with van der Waals surface area (Å²) in [6.45, 7) is 0. The Morgan fingerprint density at radius 1 is 1.29 bits per heavy atom. The van der Waals surface area contributed by atoms with Crippen molar-refractivity contribution in [3.05, 3.63) is 36.2 Å². The quantitative estimate of drug-likeness (QED) is 0.705. The SMILES string of the molecule is Nc1oncc1-c1c(F)cc2occc2c1F. The summed E-state index contributed by atoms with van der Waals surface area (Å²) in [6.07, 6.45) is 2.46. The summed E-state index contributed by atoms with van der Waals surface area (Å²) in [4.78, 5) is 0. The summed E-state index contributed by atoms with van der Waals surface area (Å²) in [6, 6.07) is 2.51. The van der Waals surface area contributed by atoms with Gasteiger partial charge in [-0.1, -0.05) is 5.16 Å². The molecule has 0 aliphatic rings. The Kier molecular flexibility index (Phi) is 1.91. The van der Waals surface area contributed by atoms with Crippen LogP contribution in [0, 0.1) is 11.6 Å². The molecule has 6 heteroatoms. The second-order valence-corrected chi connectivity index (χ2v) is 3.48. The van der Waals surface area contributed by atoms with Crippen molar-refractivity contribution < 1.29 is 17.7 Å². The van der Waals surface area contributed by atoms with Gasteiger partial charge < -0.3 is 14.7 Å². The van der Waals surface area contributed by atoms with Gasteiger partial charge in [-0.15, -0.1) is 0 Å². The molecule has 0 spiro atoms. The molecule has 0 amide bonds. The minimum absolute atomic E-state index is 0.0862. The number of nitrogens with zero attached hydrogens (tertiary/aromatic N) is 1. The second kappa shape index (κ2) is 3.31. The lowest BCUT2D eigenvalue weighted by atomic mass is 10.1. The summed E-state index contributed by atoms with van der Waals surface area (Å²) in [5, 5.41) is 3.57. The van der Waals surface area contributed by atoms with Gasteiger partial charge in [0.25, 0.3) is 0 Å². The van der Waals surface area contributed by atoms with Crippen molar-refractivity contribution in [2.75, 3.05) is 5.73 Å². The van der Waals surface area contributed by atoms with E-state index in [1.54, 1.807) is 0 Å². The molecule has 0 unspecified atom stereocenters. The highest BCUT2D eigenvalue weighted by atomic mass is 19.1. The molecule has 4 nitrogen and oxygen atoms in total. The van der Waals surface area contributed by atoms with E-state index in [0.717, 1.165) is 6.07 Å². The number of rotatable bonds is 1. The lowest BCUT2D eigenvalue weighted by Crippen LogP contribution is -1.93. The van der Waals surface area contributed by atoms with E-state index in [4.69, 9.17) is 10.2 Å². The van der Waals surface area contributed by atoms with Crippen LogP contribution in [0.25, 0.3) is 22.1 Å². The zero-order chi connectivity index (χ0) is 12.0. The van der Waals surface area contributed by atoms with E-state index in [2.05, 4.69) is 9.68 Å². The maximum Gasteiger partial charge on any atom is 0.230 e. The van der Waals surface area contributed by atoms with E-state index in [1.807, 2.05) is 0 Å². The van der Waals surface area contributed by atoms with Crippen LogP contribution < -0.4 is 5.73 Å². The van der Waals surface area contributed by atoms with E-state index in [9.17, 15) is 8.78 Å². The van der Waals surface area contributed by atoms with Crippen LogP contribution in [0.2, 0.25) is 0 Å². The molecule has 2 aromatic heterocycles. The summed E-state index contributed by atoms with van der Waals surface area (Å²) >= 11 is 0. The lowest BCUT2D eigenvalue weighted by Gasteiger charge is -2.03. The number of halogens is 2. The molecule has 3 rings (SSSR count). The zero-order valence-electron chi connectivity index (χ0n) is 8.41. The third-order valence-electron chi connectivity index (χ3n) is 2.52. The number of hydrogen-bond acceptors (Lipinski definition) is 4. The van der Waals surface area contributed by atoms with Gasteiger partial charge in [0, 0.05) is 6.07 Å². The van der Waals surface area contributed by atoms with Crippen LogP contribution in [0.3, 0.4) is 0 Å². The van der Waals surface area contributed by atoms with Crippen LogP contribution in [0.15, 0.2) is 33.5 Å². The fraction of sp³-hybridized carbons (Fsp3) is 0. The van der Waals surface area contributed by atoms with Crippen molar-refractivity contribution in [2.45, 2.75) is 0 Å². The predicted molar refractivity (Wildman–Crippen MR) is 56.0 cm³/mol. The number of nitrogen functional groups attached to an aromatic ring is 1. The Morgan fingerprint density at radius 2 is 2.12 bits per heavy atom. The number of furan rings is 1. The summed E-state index contributed by atoms with van der Waals surface area (Å²) in [7, 11) is 0. The van der Waals surface area contributed by atoms with Gasteiger partial charge in [-0.2, -0.15) is 0 Å². The molecule has 0 aliphatic carbocycles. The highest BCUT2D eigenvalue weighted by Crippen LogP contribution is 2.34. The number of aromatic nitrogens is 1. The molecule has 1 aromatic carbocycles. The maximum absolute atomic E-state index is 14.1. The molecule has 0 saturated heterocycles. The Labute approximate surface area is 93.6 Å². The van der Waals surface area contributed by atoms with Crippen LogP contribution in [-0.2, 0) is 0 Å². The van der Waals surface area contributed by atoms with Gasteiger partial charge in [-0.25, -0.2) is 8.78 Å². The first-order chi connectivity index (χ1) is 8.18. The fourth-order valence-corrected chi connectivity index (χ4v) is 1.72. The standard InChI is InChI=1S/C11H6F2N2O2/c12-7-3-8-5(1-2-16-8)10(13)9(7)6-4-15-17-11(6)14/h1-4H,14H2. The van der Waals surface area contributed by atoms with E-state index < -0.39 is 11.6 Å². The molecule has 0 fully saturated rings. The minimum atomic E-state index is -0.778. The Balaban J connectivity index is 2.40. The van der Waals surface area contributed by atoms with Gasteiger partial charge >= 0.3 is 0 Å². The number of anilines is 1. The zero-order valence-corrected chi connectivity index (χ0v) is 8.41. The topological polar surface area (TPSA) is 65.2 Å². The maximum atomic E-state index is 14.1. The van der Waals surface area contributed by atoms with Crippen molar-refractivity contribution in [3.63, 3.8) is 0 Å². The average molecular weight is 236 g/mol. The molecule has 0 atom stereocenters. The number of fused-ring (bicyclic) bond motifs is 1. The fourth-order valence-electron chi connectivity index (χ4n) is 1.72. The molecule has 0 saturated carbocycles. The van der Waals surface area contributed by atoms with Crippen molar-refractivity contribution in [2.24, 2.45) is 0 Å². The Morgan fingerprint density at radius 3 is 2.82 bits per heavy atom. The monoisotopic (exact) mass is 236 g/mol. The number of hydrogen-bond donors (Lipinski definition) is 1. The van der Waals surface area contributed by atoms with Crippen molar-refractivity contribution in [3.8, 4) is 11.1 Å². The predicted octanol–water partition coefficient (Wildman–Crippen LogP) is 2.95. The van der Waals surface area contributed by atoms with Gasteiger partial charge in [0.1, 0.15) is 17.2 Å². The van der Waals surface area contributed by atoms with Crippen LogP contribution in [-0.4, -0.2) is 5.16 Å². The molecule has 2 N–H and O–H groups in total. The summed E-state index contributed by atoms with van der Waals surface area (Å²) in [5.41, 5.74) is 5.40. The minimum Gasteiger partial charge on any atom is -0.464 e. The number of nitrogens with two attached hydrogens (primary N) is 1. The van der Waals surface area contributed by atoms with Crippen LogP contribution >= 0.6 is 0 Å². The van der Waals surface area contributed by atoms with Crippen molar-refractivity contribution >= 4 is 16.9 Å². The molecule has 17 heavy (non-hydrogen) atoms. The van der Waals surface area contributed by atoms with E-state index in [1.165, 1.54) is 18.5 Å². The molecular formula is C11H6F2N2O2. The molecule has 2 heterocycles. The number of benzene rings is 1. The highest BCUT2D eigenvalue weighted by molar-refractivity contribution is 5.86. The van der Waals surface area contributed by atoms with Gasteiger partial charge in [-0.3, -0.25) is 0 Å². The first-order valence-electron chi connectivity index (χ1n) is 4.74. The summed E-state index contributed by atoms with van der Waals surface area (Å²) in [5.74, 6) is -1.66.